The van der Waals surface area contributed by atoms with E-state index in [1.54, 1.807) is 0 Å². The largest absolute Gasteiger partial charge is 0.456 e. The summed E-state index contributed by atoms with van der Waals surface area (Å²) in [5.41, 5.74) is 22.8. The number of rotatable bonds is 6. The van der Waals surface area contributed by atoms with E-state index in [1.165, 1.54) is 55.6 Å². The van der Waals surface area contributed by atoms with Gasteiger partial charge in [-0.25, -0.2) is 15.0 Å². The fourth-order valence-electron chi connectivity index (χ4n) is 12.4. The Balaban J connectivity index is 0.774. The first-order chi connectivity index (χ1) is 37.2. The third-order valence-electron chi connectivity index (χ3n) is 15.8. The quantitative estimate of drug-likeness (QED) is 0.166. The molecule has 0 saturated heterocycles. The fraction of sp³-hybridized carbons (Fsp3) is 0.0143. The van der Waals surface area contributed by atoms with Gasteiger partial charge in [-0.3, -0.25) is 0 Å². The third kappa shape index (κ3) is 6.16. The van der Waals surface area contributed by atoms with Crippen LogP contribution in [-0.2, 0) is 5.41 Å². The van der Waals surface area contributed by atoms with Crippen molar-refractivity contribution in [3.8, 4) is 89.8 Å². The van der Waals surface area contributed by atoms with Crippen molar-refractivity contribution in [2.24, 2.45) is 0 Å². The lowest BCUT2D eigenvalue weighted by Crippen LogP contribution is -2.25. The Morgan fingerprint density at radius 1 is 0.253 bits per heavy atom. The normalized spacial score (nSPS) is 12.9. The van der Waals surface area contributed by atoms with Gasteiger partial charge in [-0.05, 0) is 103 Å². The zero-order valence-corrected chi connectivity index (χ0v) is 40.3. The Labute approximate surface area is 431 Å². The lowest BCUT2D eigenvalue weighted by Gasteiger charge is -2.30. The van der Waals surface area contributed by atoms with E-state index in [2.05, 4.69) is 194 Å². The highest BCUT2D eigenvalue weighted by atomic mass is 16.3. The van der Waals surface area contributed by atoms with Gasteiger partial charge in [-0.1, -0.05) is 218 Å². The summed E-state index contributed by atoms with van der Waals surface area (Å²) in [6.07, 6.45) is 0. The van der Waals surface area contributed by atoms with Crippen LogP contribution in [0.3, 0.4) is 0 Å². The number of benzene rings is 11. The molecule has 5 nitrogen and oxygen atoms in total. The van der Waals surface area contributed by atoms with Crippen molar-refractivity contribution in [2.75, 3.05) is 0 Å². The van der Waals surface area contributed by atoms with Gasteiger partial charge in [0.2, 0.25) is 0 Å². The van der Waals surface area contributed by atoms with Crippen molar-refractivity contribution in [1.82, 2.24) is 15.0 Å². The molecule has 1 spiro atoms. The van der Waals surface area contributed by atoms with Gasteiger partial charge in [-0.15, -0.1) is 0 Å². The Morgan fingerprint density at radius 3 is 1.43 bits per heavy atom. The van der Waals surface area contributed by atoms with E-state index in [0.717, 1.165) is 82.8 Å². The van der Waals surface area contributed by atoms with Crippen LogP contribution < -0.4 is 0 Å². The summed E-state index contributed by atoms with van der Waals surface area (Å²) < 4.78 is 13.0. The summed E-state index contributed by atoms with van der Waals surface area (Å²) in [6.45, 7) is 0. The van der Waals surface area contributed by atoms with Crippen molar-refractivity contribution in [3.05, 3.63) is 271 Å². The number of hydrogen-bond acceptors (Lipinski definition) is 5. The van der Waals surface area contributed by atoms with E-state index in [4.69, 9.17) is 23.8 Å². The molecular formula is C70H41N3O2. The average molecular weight is 956 g/mol. The fourth-order valence-corrected chi connectivity index (χ4v) is 12.4. The monoisotopic (exact) mass is 955 g/mol. The second-order valence-electron chi connectivity index (χ2n) is 19.7. The summed E-state index contributed by atoms with van der Waals surface area (Å²) >= 11 is 0. The van der Waals surface area contributed by atoms with Crippen molar-refractivity contribution >= 4 is 43.9 Å². The van der Waals surface area contributed by atoms with Crippen LogP contribution in [0.1, 0.15) is 22.3 Å². The van der Waals surface area contributed by atoms with Crippen molar-refractivity contribution in [2.45, 2.75) is 5.41 Å². The maximum atomic E-state index is 6.58. The van der Waals surface area contributed by atoms with Crippen molar-refractivity contribution in [1.29, 1.82) is 0 Å². The van der Waals surface area contributed by atoms with Gasteiger partial charge in [0, 0.05) is 43.8 Å². The molecule has 348 valence electrons. The van der Waals surface area contributed by atoms with Crippen LogP contribution in [0, 0.1) is 0 Å². The van der Waals surface area contributed by atoms with Crippen LogP contribution in [0.25, 0.3) is 134 Å². The van der Waals surface area contributed by atoms with E-state index in [1.807, 2.05) is 54.6 Å². The molecule has 0 fully saturated rings. The Morgan fingerprint density at radius 2 is 0.720 bits per heavy atom. The Hall–Kier alpha value is -9.97. The van der Waals surface area contributed by atoms with Crippen molar-refractivity contribution in [3.63, 3.8) is 0 Å². The smallest absolute Gasteiger partial charge is 0.164 e. The van der Waals surface area contributed by atoms with Crippen LogP contribution >= 0.6 is 0 Å². The minimum atomic E-state index is -0.387. The molecule has 14 aromatic rings. The molecule has 3 aromatic heterocycles. The van der Waals surface area contributed by atoms with Gasteiger partial charge < -0.3 is 8.83 Å². The maximum absolute atomic E-state index is 6.58. The van der Waals surface area contributed by atoms with E-state index in [-0.39, 0.29) is 5.41 Å². The van der Waals surface area contributed by atoms with Gasteiger partial charge in [-0.2, -0.15) is 0 Å². The minimum Gasteiger partial charge on any atom is -0.456 e. The van der Waals surface area contributed by atoms with E-state index < -0.39 is 0 Å². The summed E-state index contributed by atoms with van der Waals surface area (Å²) in [6, 6.07) is 88.7. The van der Waals surface area contributed by atoms with Crippen LogP contribution in [0.2, 0.25) is 0 Å². The third-order valence-corrected chi connectivity index (χ3v) is 15.8. The van der Waals surface area contributed by atoms with Gasteiger partial charge in [0.1, 0.15) is 22.3 Å². The molecule has 0 amide bonds. The number of aromatic nitrogens is 3. The molecule has 0 saturated carbocycles. The van der Waals surface area contributed by atoms with Crippen molar-refractivity contribution < 1.29 is 8.83 Å². The molecular weight excluding hydrogens is 915 g/mol. The summed E-state index contributed by atoms with van der Waals surface area (Å²) in [7, 11) is 0. The van der Waals surface area contributed by atoms with Crippen LogP contribution in [0.15, 0.2) is 258 Å². The molecule has 5 heteroatoms. The van der Waals surface area contributed by atoms with Gasteiger partial charge in [0.25, 0.3) is 0 Å². The molecule has 0 bridgehead atoms. The second kappa shape index (κ2) is 16.0. The van der Waals surface area contributed by atoms with Gasteiger partial charge >= 0.3 is 0 Å². The number of furan rings is 2. The summed E-state index contributed by atoms with van der Waals surface area (Å²) in [4.78, 5) is 15.5. The molecule has 0 radical (unpaired) electrons. The molecule has 2 aliphatic carbocycles. The molecule has 3 heterocycles. The van der Waals surface area contributed by atoms with Crippen LogP contribution in [0.4, 0.5) is 0 Å². The summed E-state index contributed by atoms with van der Waals surface area (Å²) in [5.74, 6) is 1.75. The lowest BCUT2D eigenvalue weighted by molar-refractivity contribution is 0.669. The minimum absolute atomic E-state index is 0.387. The van der Waals surface area contributed by atoms with E-state index >= 15 is 0 Å². The molecule has 0 unspecified atom stereocenters. The number of para-hydroxylation sites is 2. The second-order valence-corrected chi connectivity index (χ2v) is 19.7. The molecule has 0 atom stereocenters. The predicted molar refractivity (Wildman–Crippen MR) is 303 cm³/mol. The van der Waals surface area contributed by atoms with E-state index in [0.29, 0.717) is 17.5 Å². The molecule has 11 aromatic carbocycles. The number of nitrogens with zero attached hydrogens (tertiary/aromatic N) is 3. The topological polar surface area (TPSA) is 65.0 Å². The molecule has 75 heavy (non-hydrogen) atoms. The Bertz CT molecular complexity index is 4580. The van der Waals surface area contributed by atoms with Gasteiger partial charge in [0.15, 0.2) is 17.5 Å². The SMILES string of the molecule is c1ccc(-c2nc(-c3ccc(-c4cccc5c4oc4ccccc45)cc3)nc(-c3cccc4oc5ccc(-c6ccc(-c7ccc8c(c7)C7(c9ccccc9-c9ccccc97)c7ccccc7-8)cc6)cc5c34)n2)cc1. The van der Waals surface area contributed by atoms with Gasteiger partial charge in [0.05, 0.1) is 5.41 Å². The highest BCUT2D eigenvalue weighted by Crippen LogP contribution is 2.63. The van der Waals surface area contributed by atoms with Crippen LogP contribution in [0.5, 0.6) is 0 Å². The molecule has 0 aliphatic heterocycles. The first-order valence-corrected chi connectivity index (χ1v) is 25.5. The maximum Gasteiger partial charge on any atom is 0.164 e. The first-order valence-electron chi connectivity index (χ1n) is 25.5. The first kappa shape index (κ1) is 41.6. The zero-order valence-electron chi connectivity index (χ0n) is 40.3. The van der Waals surface area contributed by atoms with Crippen LogP contribution in [-0.4, -0.2) is 15.0 Å². The highest BCUT2D eigenvalue weighted by molar-refractivity contribution is 6.13. The average Bonchev–Trinajstić information content (AvgIpc) is 4.40. The lowest BCUT2D eigenvalue weighted by atomic mass is 9.70. The zero-order chi connectivity index (χ0) is 49.2. The number of fused-ring (bicyclic) bond motifs is 16. The molecule has 0 N–H and O–H groups in total. The Kier molecular flexibility index (Phi) is 8.89. The molecule has 2 aliphatic rings. The predicted octanol–water partition coefficient (Wildman–Crippen LogP) is 18.0. The highest BCUT2D eigenvalue weighted by Gasteiger charge is 2.51. The van der Waals surface area contributed by atoms with E-state index in [9.17, 15) is 0 Å². The summed E-state index contributed by atoms with van der Waals surface area (Å²) in [5, 5.41) is 4.16. The number of hydrogen-bond donors (Lipinski definition) is 0. The standard InChI is InChI=1S/C70H41N3O2/c1-2-14-45(15-3-1)67-71-68(46-34-32-44(33-35-46)49-20-12-21-55-54-19-7-11-26-62(54)75-66(49)55)73-69(72-67)56-22-13-27-64-65(56)57-40-47(37-39-63(57)74-64)42-28-30-43(31-29-42)48-36-38-53-52-18-6-10-25-60(52)70(61(53)41-48)58-23-8-4-16-50(58)51-17-5-9-24-59(51)70/h1-41H. The molecule has 16 rings (SSSR count).